The van der Waals surface area contributed by atoms with Gasteiger partial charge >= 0.3 is 0 Å². The van der Waals surface area contributed by atoms with Crippen LogP contribution in [0.25, 0.3) is 0 Å². The molecule has 0 aliphatic carbocycles. The molecule has 0 fully saturated rings. The van der Waals surface area contributed by atoms with Crippen LogP contribution in [0.3, 0.4) is 0 Å². The van der Waals surface area contributed by atoms with Crippen molar-refractivity contribution < 1.29 is 0 Å². The Balaban J connectivity index is 2.91. The van der Waals surface area contributed by atoms with Crippen molar-refractivity contribution >= 4 is 23.2 Å². The third kappa shape index (κ3) is 3.14. The molecule has 0 bridgehead atoms. The van der Waals surface area contributed by atoms with Gasteiger partial charge in [-0.3, -0.25) is 0 Å². The molecule has 14 heavy (non-hydrogen) atoms. The largest absolute Gasteiger partial charge is 0.330 e. The molecule has 0 aliphatic heterocycles. The summed E-state index contributed by atoms with van der Waals surface area (Å²) in [6.07, 6.45) is 0. The Morgan fingerprint density at radius 3 is 2.29 bits per heavy atom. The highest BCUT2D eigenvalue weighted by Crippen LogP contribution is 2.23. The zero-order valence-corrected chi connectivity index (χ0v) is 9.57. The molecule has 3 N–H and O–H groups in total. The Hall–Kier alpha value is -0.280. The molecule has 0 saturated carbocycles. The van der Waals surface area contributed by atoms with E-state index in [0.717, 1.165) is 12.1 Å². The van der Waals surface area contributed by atoms with Crippen LogP contribution in [-0.2, 0) is 0 Å². The van der Waals surface area contributed by atoms with Crippen LogP contribution in [0.1, 0.15) is 11.5 Å². The molecule has 0 radical (unpaired) electrons. The number of likely N-dealkylation sites (N-methyl/N-ethyl adjacent to an activating group) is 1. The second kappa shape index (κ2) is 5.56. The van der Waals surface area contributed by atoms with Crippen LogP contribution < -0.4 is 11.1 Å². The van der Waals surface area contributed by atoms with Crippen LogP contribution in [0, 0.1) is 0 Å². The van der Waals surface area contributed by atoms with E-state index in [1.807, 2.05) is 19.2 Å². The summed E-state index contributed by atoms with van der Waals surface area (Å²) in [6, 6.07) is 5.53. The molecule has 1 aromatic rings. The minimum Gasteiger partial charge on any atom is -0.330 e. The van der Waals surface area contributed by atoms with Crippen LogP contribution in [0.4, 0.5) is 0 Å². The van der Waals surface area contributed by atoms with Crippen molar-refractivity contribution in [3.8, 4) is 0 Å². The Labute approximate surface area is 94.4 Å². The number of benzene rings is 1. The van der Waals surface area contributed by atoms with Crippen molar-refractivity contribution in [2.75, 3.05) is 20.1 Å². The van der Waals surface area contributed by atoms with Crippen LogP contribution in [-0.4, -0.2) is 20.1 Å². The fraction of sp³-hybridized carbons (Fsp3) is 0.400. The van der Waals surface area contributed by atoms with Gasteiger partial charge in [-0.05, 0) is 30.8 Å². The maximum Gasteiger partial charge on any atom is 0.0423 e. The van der Waals surface area contributed by atoms with E-state index in [1.54, 1.807) is 6.07 Å². The minimum absolute atomic E-state index is 0.260. The number of hydrogen-bond donors (Lipinski definition) is 2. The van der Waals surface area contributed by atoms with Crippen LogP contribution in [0.2, 0.25) is 10.0 Å². The van der Waals surface area contributed by atoms with Crippen LogP contribution >= 0.6 is 23.2 Å². The molecular formula is C10H14Cl2N2. The first kappa shape index (κ1) is 11.8. The lowest BCUT2D eigenvalue weighted by atomic mass is 9.99. The van der Waals surface area contributed by atoms with Crippen LogP contribution in [0.15, 0.2) is 18.2 Å². The SMILES string of the molecule is CNCC(CN)c1cc(Cl)cc(Cl)c1. The second-order valence-corrected chi connectivity index (χ2v) is 4.07. The Kier molecular flexibility index (Phi) is 4.69. The van der Waals surface area contributed by atoms with E-state index in [9.17, 15) is 0 Å². The standard InChI is InChI=1S/C10H14Cl2N2/c1-14-6-8(5-13)7-2-9(11)4-10(12)3-7/h2-4,8,14H,5-6,13H2,1H3. The molecule has 4 heteroatoms. The molecule has 1 atom stereocenters. The van der Waals surface area contributed by atoms with Gasteiger partial charge in [0, 0.05) is 29.1 Å². The summed E-state index contributed by atoms with van der Waals surface area (Å²) in [5.74, 6) is 0.260. The summed E-state index contributed by atoms with van der Waals surface area (Å²) in [5, 5.41) is 4.40. The molecule has 0 amide bonds. The molecule has 78 valence electrons. The molecule has 0 heterocycles. The van der Waals surface area contributed by atoms with E-state index in [2.05, 4.69) is 5.32 Å². The van der Waals surface area contributed by atoms with Gasteiger partial charge in [0.2, 0.25) is 0 Å². The lowest BCUT2D eigenvalue weighted by Crippen LogP contribution is -2.23. The summed E-state index contributed by atoms with van der Waals surface area (Å²) in [6.45, 7) is 1.41. The first-order valence-electron chi connectivity index (χ1n) is 4.48. The maximum absolute atomic E-state index is 5.91. The number of rotatable bonds is 4. The molecule has 1 aromatic carbocycles. The predicted molar refractivity (Wildman–Crippen MR) is 62.2 cm³/mol. The molecule has 0 saturated heterocycles. The first-order valence-corrected chi connectivity index (χ1v) is 5.23. The lowest BCUT2D eigenvalue weighted by molar-refractivity contribution is 0.637. The van der Waals surface area contributed by atoms with Gasteiger partial charge in [-0.15, -0.1) is 0 Å². The smallest absolute Gasteiger partial charge is 0.0423 e. The van der Waals surface area contributed by atoms with Gasteiger partial charge < -0.3 is 11.1 Å². The highest BCUT2D eigenvalue weighted by Gasteiger charge is 2.09. The van der Waals surface area contributed by atoms with E-state index in [1.165, 1.54) is 0 Å². The van der Waals surface area contributed by atoms with Crippen molar-refractivity contribution in [2.24, 2.45) is 5.73 Å². The first-order chi connectivity index (χ1) is 6.67. The highest BCUT2D eigenvalue weighted by molar-refractivity contribution is 6.34. The van der Waals surface area contributed by atoms with Crippen molar-refractivity contribution in [1.82, 2.24) is 5.32 Å². The number of nitrogens with two attached hydrogens (primary N) is 1. The van der Waals surface area contributed by atoms with E-state index in [0.29, 0.717) is 16.6 Å². The Bertz CT molecular complexity index is 282. The van der Waals surface area contributed by atoms with E-state index >= 15 is 0 Å². The lowest BCUT2D eigenvalue weighted by Gasteiger charge is -2.15. The average Bonchev–Trinajstić information content (AvgIpc) is 2.12. The van der Waals surface area contributed by atoms with Gasteiger partial charge in [-0.2, -0.15) is 0 Å². The van der Waals surface area contributed by atoms with Gasteiger partial charge in [0.05, 0.1) is 0 Å². The topological polar surface area (TPSA) is 38.0 Å². The fourth-order valence-electron chi connectivity index (χ4n) is 1.39. The maximum atomic E-state index is 5.91. The summed E-state index contributed by atoms with van der Waals surface area (Å²) < 4.78 is 0. The molecule has 0 aliphatic rings. The van der Waals surface area contributed by atoms with Gasteiger partial charge in [-0.25, -0.2) is 0 Å². The molecule has 1 rings (SSSR count). The van der Waals surface area contributed by atoms with Gasteiger partial charge in [0.1, 0.15) is 0 Å². The molecule has 0 spiro atoms. The second-order valence-electron chi connectivity index (χ2n) is 3.19. The monoisotopic (exact) mass is 232 g/mol. The van der Waals surface area contributed by atoms with Crippen molar-refractivity contribution in [2.45, 2.75) is 5.92 Å². The molecule has 1 unspecified atom stereocenters. The van der Waals surface area contributed by atoms with Crippen LogP contribution in [0.5, 0.6) is 0 Å². The molecule has 2 nitrogen and oxygen atoms in total. The quantitative estimate of drug-likeness (QED) is 0.837. The minimum atomic E-state index is 0.260. The summed E-state index contributed by atoms with van der Waals surface area (Å²) in [5.41, 5.74) is 6.75. The number of hydrogen-bond acceptors (Lipinski definition) is 2. The summed E-state index contributed by atoms with van der Waals surface area (Å²) in [7, 11) is 1.90. The predicted octanol–water partition coefficient (Wildman–Crippen LogP) is 2.26. The van der Waals surface area contributed by atoms with E-state index in [4.69, 9.17) is 28.9 Å². The molecule has 0 aromatic heterocycles. The van der Waals surface area contributed by atoms with E-state index in [-0.39, 0.29) is 5.92 Å². The number of halogens is 2. The van der Waals surface area contributed by atoms with E-state index < -0.39 is 0 Å². The Morgan fingerprint density at radius 1 is 1.29 bits per heavy atom. The molecular weight excluding hydrogens is 219 g/mol. The van der Waals surface area contributed by atoms with Gasteiger partial charge in [-0.1, -0.05) is 23.2 Å². The fourth-order valence-corrected chi connectivity index (χ4v) is 1.94. The number of nitrogens with one attached hydrogen (secondary N) is 1. The third-order valence-corrected chi connectivity index (χ3v) is 2.53. The highest BCUT2D eigenvalue weighted by atomic mass is 35.5. The zero-order chi connectivity index (χ0) is 10.6. The normalized spacial score (nSPS) is 12.9. The van der Waals surface area contributed by atoms with Gasteiger partial charge in [0.25, 0.3) is 0 Å². The van der Waals surface area contributed by atoms with Crippen molar-refractivity contribution in [3.05, 3.63) is 33.8 Å². The van der Waals surface area contributed by atoms with Crippen molar-refractivity contribution in [1.29, 1.82) is 0 Å². The average molecular weight is 233 g/mol. The van der Waals surface area contributed by atoms with Gasteiger partial charge in [0.15, 0.2) is 0 Å². The summed E-state index contributed by atoms with van der Waals surface area (Å²) >= 11 is 11.8. The zero-order valence-electron chi connectivity index (χ0n) is 8.06. The van der Waals surface area contributed by atoms with Crippen molar-refractivity contribution in [3.63, 3.8) is 0 Å². The summed E-state index contributed by atoms with van der Waals surface area (Å²) in [4.78, 5) is 0. The Morgan fingerprint density at radius 2 is 1.86 bits per heavy atom. The third-order valence-electron chi connectivity index (χ3n) is 2.09.